The maximum atomic E-state index is 11.8. The van der Waals surface area contributed by atoms with E-state index < -0.39 is 50.2 Å². The third kappa shape index (κ3) is 3.54. The van der Waals surface area contributed by atoms with Crippen LogP contribution in [0.25, 0.3) is 0 Å². The lowest BCUT2D eigenvalue weighted by molar-refractivity contribution is -0.392. The first-order valence-corrected chi connectivity index (χ1v) is 6.89. The molecule has 25 heavy (non-hydrogen) atoms. The van der Waals surface area contributed by atoms with Crippen molar-refractivity contribution in [1.82, 2.24) is 0 Å². The Morgan fingerprint density at radius 3 is 2.12 bits per heavy atom. The van der Waals surface area contributed by atoms with Gasteiger partial charge in [0.25, 0.3) is 11.5 Å². The van der Waals surface area contributed by atoms with Crippen LogP contribution in [-0.2, 0) is 19.1 Å². The highest BCUT2D eigenvalue weighted by Crippen LogP contribution is 2.37. The predicted molar refractivity (Wildman–Crippen MR) is 82.5 cm³/mol. The minimum atomic E-state index is -1.45. The molecule has 11 nitrogen and oxygen atoms in total. The molecule has 0 spiro atoms. The summed E-state index contributed by atoms with van der Waals surface area (Å²) in [5.41, 5.74) is -2.03. The Labute approximate surface area is 140 Å². The van der Waals surface area contributed by atoms with E-state index in [4.69, 9.17) is 9.47 Å². The van der Waals surface area contributed by atoms with Crippen LogP contribution in [0.1, 0.15) is 19.4 Å². The van der Waals surface area contributed by atoms with E-state index in [9.17, 15) is 29.8 Å². The molecule has 0 bridgehead atoms. The van der Waals surface area contributed by atoms with Crippen molar-refractivity contribution in [2.45, 2.75) is 26.6 Å². The molecule has 132 valence electrons. The number of nitro groups is 2. The average molecular weight is 351 g/mol. The Balaban J connectivity index is 2.48. The molecule has 11 heteroatoms. The summed E-state index contributed by atoms with van der Waals surface area (Å²) < 4.78 is 9.73. The fourth-order valence-electron chi connectivity index (χ4n) is 2.14. The second kappa shape index (κ2) is 6.19. The number of nitrogens with zero attached hydrogens (tertiary/aromatic N) is 2. The average Bonchev–Trinajstić information content (AvgIpc) is 2.44. The predicted octanol–water partition coefficient (Wildman–Crippen LogP) is 1.94. The Morgan fingerprint density at radius 2 is 1.64 bits per heavy atom. The van der Waals surface area contributed by atoms with Gasteiger partial charge >= 0.3 is 17.6 Å². The molecule has 0 atom stereocenters. The molecule has 1 aliphatic heterocycles. The van der Waals surface area contributed by atoms with Crippen LogP contribution in [0.5, 0.6) is 0 Å². The molecular weight excluding hydrogens is 338 g/mol. The lowest BCUT2D eigenvalue weighted by Gasteiger charge is -2.29. The number of cyclic esters (lactones) is 2. The van der Waals surface area contributed by atoms with Gasteiger partial charge in [-0.3, -0.25) is 20.2 Å². The summed E-state index contributed by atoms with van der Waals surface area (Å²) in [5.74, 6) is -3.49. The minimum absolute atomic E-state index is 0.159. The Kier molecular flexibility index (Phi) is 4.42. The van der Waals surface area contributed by atoms with Gasteiger partial charge in [-0.25, -0.2) is 9.59 Å². The van der Waals surface area contributed by atoms with Crippen molar-refractivity contribution in [3.63, 3.8) is 0 Å². The van der Waals surface area contributed by atoms with E-state index in [1.165, 1.54) is 26.8 Å². The number of rotatable bonds is 4. The number of nitro benzene ring substituents is 2. The zero-order valence-corrected chi connectivity index (χ0v) is 13.4. The molecule has 0 unspecified atom stereocenters. The smallest absolute Gasteiger partial charge is 0.350 e. The van der Waals surface area contributed by atoms with Gasteiger partial charge in [-0.1, -0.05) is 0 Å². The molecule has 1 aromatic rings. The van der Waals surface area contributed by atoms with Gasteiger partial charge in [-0.2, -0.15) is 0 Å². The van der Waals surface area contributed by atoms with Crippen LogP contribution in [0.3, 0.4) is 0 Å². The number of nitrogens with one attached hydrogen (secondary N) is 1. The van der Waals surface area contributed by atoms with Gasteiger partial charge in [0.15, 0.2) is 11.3 Å². The molecule has 2 rings (SSSR count). The maximum absolute atomic E-state index is 11.8. The largest absolute Gasteiger partial charge is 0.419 e. The van der Waals surface area contributed by atoms with Gasteiger partial charge in [0.2, 0.25) is 0 Å². The number of hydrogen-bond donors (Lipinski definition) is 1. The summed E-state index contributed by atoms with van der Waals surface area (Å²) in [7, 11) is 0. The molecule has 0 amide bonds. The highest BCUT2D eigenvalue weighted by atomic mass is 16.7. The van der Waals surface area contributed by atoms with Gasteiger partial charge in [0, 0.05) is 31.7 Å². The molecule has 1 N–H and O–H groups in total. The highest BCUT2D eigenvalue weighted by molar-refractivity contribution is 6.15. The highest BCUT2D eigenvalue weighted by Gasteiger charge is 2.39. The van der Waals surface area contributed by atoms with Crippen LogP contribution in [0.2, 0.25) is 0 Å². The molecular formula is C14H13N3O8. The van der Waals surface area contributed by atoms with Gasteiger partial charge in [-0.05, 0) is 13.0 Å². The summed E-state index contributed by atoms with van der Waals surface area (Å²) >= 11 is 0. The second-order valence-corrected chi connectivity index (χ2v) is 5.52. The van der Waals surface area contributed by atoms with Crippen molar-refractivity contribution in [2.24, 2.45) is 0 Å². The summed E-state index contributed by atoms with van der Waals surface area (Å²) in [5, 5.41) is 24.6. The number of aryl methyl sites for hydroxylation is 1. The lowest BCUT2D eigenvalue weighted by atomic mass is 10.1. The summed E-state index contributed by atoms with van der Waals surface area (Å²) in [6.45, 7) is 4.10. The number of anilines is 1. The number of ether oxygens (including phenoxy) is 2. The van der Waals surface area contributed by atoms with Crippen molar-refractivity contribution in [2.75, 3.05) is 5.32 Å². The molecule has 1 aromatic carbocycles. The first-order valence-electron chi connectivity index (χ1n) is 6.89. The first-order chi connectivity index (χ1) is 11.5. The van der Waals surface area contributed by atoms with Crippen molar-refractivity contribution >= 4 is 29.0 Å². The molecule has 0 aromatic heterocycles. The van der Waals surface area contributed by atoms with Gasteiger partial charge in [-0.15, -0.1) is 0 Å². The SMILES string of the molecule is Cc1ccc([N+](=O)[O-])c(NC=C2C(=O)OC(C)(C)OC2=O)c1[N+](=O)[O-]. The monoisotopic (exact) mass is 351 g/mol. The summed E-state index contributed by atoms with van der Waals surface area (Å²) in [4.78, 5) is 44.4. The number of carbonyl (C=O) groups excluding carboxylic acids is 2. The topological polar surface area (TPSA) is 151 Å². The molecule has 1 saturated heterocycles. The third-order valence-corrected chi connectivity index (χ3v) is 3.21. The summed E-state index contributed by atoms with van der Waals surface area (Å²) in [6, 6.07) is 2.30. The van der Waals surface area contributed by atoms with Crippen LogP contribution in [0.15, 0.2) is 23.9 Å². The first kappa shape index (κ1) is 17.8. The Hall–Kier alpha value is -3.50. The van der Waals surface area contributed by atoms with Crippen molar-refractivity contribution in [3.8, 4) is 0 Å². The molecule has 1 heterocycles. The van der Waals surface area contributed by atoms with Crippen LogP contribution < -0.4 is 5.32 Å². The number of benzene rings is 1. The van der Waals surface area contributed by atoms with Crippen LogP contribution in [0.4, 0.5) is 17.1 Å². The Bertz CT molecular complexity index is 806. The fraction of sp³-hybridized carbons (Fsp3) is 0.286. The zero-order chi connectivity index (χ0) is 18.9. The molecule has 0 aliphatic carbocycles. The fourth-order valence-corrected chi connectivity index (χ4v) is 2.14. The van der Waals surface area contributed by atoms with Crippen molar-refractivity contribution in [3.05, 3.63) is 49.7 Å². The number of carbonyl (C=O) groups is 2. The van der Waals surface area contributed by atoms with Crippen LogP contribution in [0, 0.1) is 27.2 Å². The van der Waals surface area contributed by atoms with E-state index in [1.54, 1.807) is 0 Å². The van der Waals surface area contributed by atoms with Gasteiger partial charge in [0.1, 0.15) is 0 Å². The third-order valence-electron chi connectivity index (χ3n) is 3.21. The van der Waals surface area contributed by atoms with E-state index in [2.05, 4.69) is 5.32 Å². The number of hydrogen-bond acceptors (Lipinski definition) is 9. The standard InChI is InChI=1S/C14H13N3O8/c1-7-4-5-9(16(20)21)10(11(7)17(22)23)15-6-8-12(18)24-14(2,3)25-13(8)19/h4-6,15H,1-3H3. The molecule has 1 fully saturated rings. The molecule has 0 radical (unpaired) electrons. The van der Waals surface area contributed by atoms with E-state index in [1.807, 2.05) is 0 Å². The van der Waals surface area contributed by atoms with Crippen molar-refractivity contribution < 1.29 is 28.9 Å². The van der Waals surface area contributed by atoms with Gasteiger partial charge < -0.3 is 14.8 Å². The number of esters is 2. The van der Waals surface area contributed by atoms with Crippen LogP contribution >= 0.6 is 0 Å². The normalized spacial score (nSPS) is 15.9. The van der Waals surface area contributed by atoms with E-state index in [0.29, 0.717) is 0 Å². The molecule has 0 saturated carbocycles. The minimum Gasteiger partial charge on any atom is -0.419 e. The van der Waals surface area contributed by atoms with E-state index >= 15 is 0 Å². The second-order valence-electron chi connectivity index (χ2n) is 5.52. The summed E-state index contributed by atoms with van der Waals surface area (Å²) in [6.07, 6.45) is 0.786. The zero-order valence-electron chi connectivity index (χ0n) is 13.4. The maximum Gasteiger partial charge on any atom is 0.350 e. The van der Waals surface area contributed by atoms with Crippen molar-refractivity contribution in [1.29, 1.82) is 0 Å². The van der Waals surface area contributed by atoms with Crippen LogP contribution in [-0.4, -0.2) is 27.6 Å². The lowest BCUT2D eigenvalue weighted by Crippen LogP contribution is -2.42. The van der Waals surface area contributed by atoms with Gasteiger partial charge in [0.05, 0.1) is 9.85 Å². The molecule has 1 aliphatic rings. The van der Waals surface area contributed by atoms with E-state index in [0.717, 1.165) is 12.3 Å². The Morgan fingerprint density at radius 1 is 1.08 bits per heavy atom. The quantitative estimate of drug-likeness (QED) is 0.282. The van der Waals surface area contributed by atoms with E-state index in [-0.39, 0.29) is 5.56 Å².